The van der Waals surface area contributed by atoms with Crippen LogP contribution in [-0.2, 0) is 13.8 Å². The summed E-state index contributed by atoms with van der Waals surface area (Å²) in [4.78, 5) is 16.7. The third kappa shape index (κ3) is 12.1. The molecule has 0 aromatic carbocycles. The van der Waals surface area contributed by atoms with Gasteiger partial charge in [0.2, 0.25) is 0 Å². The van der Waals surface area contributed by atoms with Crippen LogP contribution in [0.3, 0.4) is 0 Å². The average molecular weight is 256 g/mol. The Morgan fingerprint density at radius 3 is 2.44 bits per heavy atom. The van der Waals surface area contributed by atoms with Crippen molar-refractivity contribution in [3.05, 3.63) is 0 Å². The number of aliphatic hydroxyl groups excluding tert-OH is 1. The average Bonchev–Trinajstić information content (AvgIpc) is 2.19. The molecule has 16 heavy (non-hydrogen) atoms. The van der Waals surface area contributed by atoms with Crippen LogP contribution in [0.1, 0.15) is 32.6 Å². The summed E-state index contributed by atoms with van der Waals surface area (Å²) in [5, 5.41) is 9.22. The van der Waals surface area contributed by atoms with Gasteiger partial charge in [0.05, 0.1) is 13.2 Å². The monoisotopic (exact) mass is 256 g/mol. The number of phosphoric acid groups is 1. The summed E-state index contributed by atoms with van der Waals surface area (Å²) in [6.07, 6.45) is 3.33. The van der Waals surface area contributed by atoms with Gasteiger partial charge in [-0.1, -0.05) is 26.2 Å². The molecule has 6 nitrogen and oxygen atoms in total. The minimum atomic E-state index is -4.49. The molecule has 0 unspecified atom stereocenters. The number of ether oxygens (including phenoxy) is 1. The Bertz CT molecular complexity index is 204. The molecule has 1 atom stereocenters. The highest BCUT2D eigenvalue weighted by molar-refractivity contribution is 7.46. The summed E-state index contributed by atoms with van der Waals surface area (Å²) in [6, 6.07) is 0. The number of unbranched alkanes of at least 4 members (excludes halogenated alkanes) is 3. The van der Waals surface area contributed by atoms with Gasteiger partial charge in [-0.3, -0.25) is 4.52 Å². The van der Waals surface area contributed by atoms with Crippen LogP contribution in [0, 0.1) is 0 Å². The molecule has 0 aliphatic heterocycles. The molecule has 0 saturated heterocycles. The van der Waals surface area contributed by atoms with Crippen molar-refractivity contribution in [1.29, 1.82) is 0 Å². The minimum Gasteiger partial charge on any atom is -0.388 e. The van der Waals surface area contributed by atoms with Crippen molar-refractivity contribution in [2.45, 2.75) is 38.7 Å². The molecule has 0 bridgehead atoms. The molecule has 0 radical (unpaired) electrons. The van der Waals surface area contributed by atoms with E-state index in [4.69, 9.17) is 14.5 Å². The highest BCUT2D eigenvalue weighted by Gasteiger charge is 2.16. The Balaban J connectivity index is 3.30. The first kappa shape index (κ1) is 16.0. The fourth-order valence-corrected chi connectivity index (χ4v) is 1.45. The Hall–Kier alpha value is 0.0300. The van der Waals surface area contributed by atoms with Gasteiger partial charge in [-0.05, 0) is 6.42 Å². The van der Waals surface area contributed by atoms with E-state index in [0.29, 0.717) is 6.61 Å². The first-order chi connectivity index (χ1) is 7.45. The van der Waals surface area contributed by atoms with E-state index < -0.39 is 20.5 Å². The predicted octanol–water partition coefficient (Wildman–Crippen LogP) is 1.05. The lowest BCUT2D eigenvalue weighted by Crippen LogP contribution is -2.21. The summed E-state index contributed by atoms with van der Waals surface area (Å²) < 4.78 is 19.6. The van der Waals surface area contributed by atoms with Gasteiger partial charge in [0.25, 0.3) is 0 Å². The molecule has 3 N–H and O–H groups in total. The zero-order valence-corrected chi connectivity index (χ0v) is 10.4. The Labute approximate surface area is 95.8 Å². The second kappa shape index (κ2) is 9.10. The molecule has 0 heterocycles. The van der Waals surface area contributed by atoms with Gasteiger partial charge in [-0.2, -0.15) is 0 Å². The van der Waals surface area contributed by atoms with Gasteiger partial charge in [-0.25, -0.2) is 4.57 Å². The quantitative estimate of drug-likeness (QED) is 0.399. The number of aliphatic hydroxyl groups is 1. The van der Waals surface area contributed by atoms with Crippen molar-refractivity contribution in [2.24, 2.45) is 0 Å². The van der Waals surface area contributed by atoms with Crippen LogP contribution in [-0.4, -0.2) is 40.8 Å². The largest absolute Gasteiger partial charge is 0.469 e. The van der Waals surface area contributed by atoms with E-state index in [1.54, 1.807) is 0 Å². The van der Waals surface area contributed by atoms with Crippen LogP contribution < -0.4 is 0 Å². The molecule has 0 spiro atoms. The number of phosphoric ester groups is 1. The summed E-state index contributed by atoms with van der Waals surface area (Å²) in [6.45, 7) is 2.28. The third-order valence-electron chi connectivity index (χ3n) is 1.89. The fourth-order valence-electron chi connectivity index (χ4n) is 1.08. The minimum absolute atomic E-state index is 0.0339. The zero-order valence-electron chi connectivity index (χ0n) is 9.54. The van der Waals surface area contributed by atoms with Crippen molar-refractivity contribution in [3.63, 3.8) is 0 Å². The topological polar surface area (TPSA) is 96.2 Å². The van der Waals surface area contributed by atoms with Gasteiger partial charge < -0.3 is 19.6 Å². The van der Waals surface area contributed by atoms with Crippen LogP contribution in [0.2, 0.25) is 0 Å². The van der Waals surface area contributed by atoms with Crippen molar-refractivity contribution in [1.82, 2.24) is 0 Å². The van der Waals surface area contributed by atoms with Crippen LogP contribution in [0.5, 0.6) is 0 Å². The first-order valence-corrected chi connectivity index (χ1v) is 6.94. The molecule has 0 fully saturated rings. The number of hydrogen-bond acceptors (Lipinski definition) is 4. The predicted molar refractivity (Wildman–Crippen MR) is 59.0 cm³/mol. The maximum Gasteiger partial charge on any atom is 0.469 e. The summed E-state index contributed by atoms with van der Waals surface area (Å²) >= 11 is 0. The smallest absolute Gasteiger partial charge is 0.388 e. The van der Waals surface area contributed by atoms with Gasteiger partial charge in [0.1, 0.15) is 6.10 Å². The lowest BCUT2D eigenvalue weighted by atomic mass is 10.2. The highest BCUT2D eigenvalue weighted by Crippen LogP contribution is 2.35. The van der Waals surface area contributed by atoms with Gasteiger partial charge >= 0.3 is 7.82 Å². The van der Waals surface area contributed by atoms with Gasteiger partial charge in [-0.15, -0.1) is 0 Å². The molecule has 0 aliphatic carbocycles. The Kier molecular flexibility index (Phi) is 9.12. The Morgan fingerprint density at radius 1 is 1.19 bits per heavy atom. The van der Waals surface area contributed by atoms with E-state index in [0.717, 1.165) is 25.7 Å². The second-order valence-electron chi connectivity index (χ2n) is 3.58. The van der Waals surface area contributed by atoms with E-state index in [1.165, 1.54) is 0 Å². The first-order valence-electron chi connectivity index (χ1n) is 5.41. The third-order valence-corrected chi connectivity index (χ3v) is 2.37. The molecule has 0 aromatic rings. The second-order valence-corrected chi connectivity index (χ2v) is 4.82. The van der Waals surface area contributed by atoms with Crippen molar-refractivity contribution in [3.8, 4) is 0 Å². The molecule has 98 valence electrons. The SMILES string of the molecule is CCCCCCOC[C@@H](O)COP(=O)(O)O. The lowest BCUT2D eigenvalue weighted by molar-refractivity contribution is 0.00478. The van der Waals surface area contributed by atoms with E-state index in [-0.39, 0.29) is 6.61 Å². The van der Waals surface area contributed by atoms with E-state index in [2.05, 4.69) is 11.4 Å². The van der Waals surface area contributed by atoms with Gasteiger partial charge in [0.15, 0.2) is 0 Å². The maximum absolute atomic E-state index is 10.3. The maximum atomic E-state index is 10.3. The van der Waals surface area contributed by atoms with E-state index in [9.17, 15) is 9.67 Å². The zero-order chi connectivity index (χ0) is 12.4. The van der Waals surface area contributed by atoms with Crippen LogP contribution in [0.25, 0.3) is 0 Å². The van der Waals surface area contributed by atoms with Crippen LogP contribution in [0.4, 0.5) is 0 Å². The highest BCUT2D eigenvalue weighted by atomic mass is 31.2. The molecule has 0 amide bonds. The van der Waals surface area contributed by atoms with Gasteiger partial charge in [0, 0.05) is 6.61 Å². The summed E-state index contributed by atoms with van der Waals surface area (Å²) in [5.41, 5.74) is 0. The number of hydrogen-bond donors (Lipinski definition) is 3. The lowest BCUT2D eigenvalue weighted by Gasteiger charge is -2.12. The standard InChI is InChI=1S/C9H21O6P/c1-2-3-4-5-6-14-7-9(10)8-15-16(11,12)13/h9-10H,2-8H2,1H3,(H2,11,12,13)/t9-/m1/s1. The summed E-state index contributed by atoms with van der Waals surface area (Å²) in [5.74, 6) is 0. The molecular formula is C9H21O6P. The van der Waals surface area contributed by atoms with Crippen molar-refractivity contribution < 1.29 is 28.7 Å². The van der Waals surface area contributed by atoms with E-state index in [1.807, 2.05) is 0 Å². The molecule has 0 rings (SSSR count). The molecule has 0 saturated carbocycles. The van der Waals surface area contributed by atoms with Crippen molar-refractivity contribution in [2.75, 3.05) is 19.8 Å². The summed E-state index contributed by atoms with van der Waals surface area (Å²) in [7, 11) is -4.49. The molecule has 0 aromatic heterocycles. The van der Waals surface area contributed by atoms with E-state index >= 15 is 0 Å². The molecular weight excluding hydrogens is 235 g/mol. The Morgan fingerprint density at radius 2 is 1.88 bits per heavy atom. The normalized spacial score (nSPS) is 14.0. The van der Waals surface area contributed by atoms with Crippen molar-refractivity contribution >= 4 is 7.82 Å². The number of rotatable bonds is 10. The van der Waals surface area contributed by atoms with Crippen LogP contribution in [0.15, 0.2) is 0 Å². The molecule has 0 aliphatic rings. The fraction of sp³-hybridized carbons (Fsp3) is 1.00. The molecule has 7 heteroatoms. The van der Waals surface area contributed by atoms with Crippen LogP contribution >= 0.6 is 7.82 Å².